The van der Waals surface area contributed by atoms with Gasteiger partial charge in [-0.05, 0) is 0 Å². The molecule has 0 aromatic carbocycles. The van der Waals surface area contributed by atoms with Crippen LogP contribution in [0.2, 0.25) is 6.04 Å². The largest absolute Gasteiger partial charge is 0.114 e. The highest BCUT2D eigenvalue weighted by molar-refractivity contribution is 8.93. The van der Waals surface area contributed by atoms with Crippen molar-refractivity contribution in [3.05, 3.63) is 0 Å². The molecule has 0 saturated heterocycles. The smallest absolute Gasteiger partial charge is 0.00312 e. The molecule has 0 aliphatic rings. The van der Waals surface area contributed by atoms with Gasteiger partial charge in [0, 0.05) is 10.2 Å². The molecule has 0 fully saturated rings. The molecule has 0 aromatic rings. The van der Waals surface area contributed by atoms with Gasteiger partial charge in [-0.15, -0.1) is 17.0 Å². The molecule has 0 nitrogen and oxygen atoms in total. The van der Waals surface area contributed by atoms with Crippen LogP contribution >= 0.6 is 17.0 Å². The summed E-state index contributed by atoms with van der Waals surface area (Å²) >= 11 is 0. The monoisotopic (exact) mass is 168 g/mol. The number of rotatable bonds is 1. The van der Waals surface area contributed by atoms with E-state index < -0.39 is 0 Å². The second-order valence-corrected chi connectivity index (χ2v) is 2.62. The van der Waals surface area contributed by atoms with Crippen molar-refractivity contribution in [2.45, 2.75) is 19.9 Å². The van der Waals surface area contributed by atoms with E-state index >= 15 is 0 Å². The lowest BCUT2D eigenvalue weighted by Crippen LogP contribution is -1.80. The molecule has 0 unspecified atom stereocenters. The molecule has 0 atom stereocenters. The molecule has 0 saturated carbocycles. The maximum absolute atomic E-state index is 2.26. The standard InChI is InChI=1S/C4H12Si.BrH/c1-4(2)3-5;/h4H,3H2,1-2,5H3;1H. The second kappa shape index (κ2) is 5.70. The molecule has 0 bridgehead atoms. The van der Waals surface area contributed by atoms with Crippen LogP contribution in [0.4, 0.5) is 0 Å². The minimum atomic E-state index is 0. The van der Waals surface area contributed by atoms with E-state index in [4.69, 9.17) is 0 Å². The lowest BCUT2D eigenvalue weighted by Gasteiger charge is -1.90. The van der Waals surface area contributed by atoms with Crippen LogP contribution in [0.5, 0.6) is 0 Å². The van der Waals surface area contributed by atoms with Crippen LogP contribution in [0.1, 0.15) is 13.8 Å². The summed E-state index contributed by atoms with van der Waals surface area (Å²) < 4.78 is 0. The minimum Gasteiger partial charge on any atom is -0.114 e. The van der Waals surface area contributed by atoms with E-state index in [0.29, 0.717) is 0 Å². The minimum absolute atomic E-state index is 0. The Morgan fingerprint density at radius 1 is 1.50 bits per heavy atom. The van der Waals surface area contributed by atoms with Gasteiger partial charge in [0.15, 0.2) is 0 Å². The average molecular weight is 169 g/mol. The van der Waals surface area contributed by atoms with Crippen LogP contribution in [0, 0.1) is 5.92 Å². The van der Waals surface area contributed by atoms with Crippen LogP contribution in [0.15, 0.2) is 0 Å². The molecule has 0 aliphatic carbocycles. The van der Waals surface area contributed by atoms with Crippen molar-refractivity contribution in [1.29, 1.82) is 0 Å². The molecule has 0 amide bonds. The van der Waals surface area contributed by atoms with E-state index in [1.807, 2.05) is 0 Å². The highest BCUT2D eigenvalue weighted by Crippen LogP contribution is 1.92. The zero-order valence-corrected chi connectivity index (χ0v) is 8.41. The molecular formula is C4H13BrSi. The fourth-order valence-corrected chi connectivity index (χ4v) is 0. The second-order valence-electron chi connectivity index (χ2n) is 1.80. The van der Waals surface area contributed by atoms with Gasteiger partial charge in [-0.3, -0.25) is 0 Å². The Morgan fingerprint density at radius 3 is 1.67 bits per heavy atom. The Balaban J connectivity index is 0. The van der Waals surface area contributed by atoms with E-state index in [0.717, 1.165) is 5.92 Å². The Kier molecular flexibility index (Phi) is 9.35. The highest BCUT2D eigenvalue weighted by atomic mass is 79.9. The predicted octanol–water partition coefficient (Wildman–Crippen LogP) is 1.00. The third-order valence-electron chi connectivity index (χ3n) is 0.816. The van der Waals surface area contributed by atoms with Gasteiger partial charge in [0.1, 0.15) is 0 Å². The average Bonchev–Trinajstić information content (AvgIpc) is 1.38. The normalized spacial score (nSPS) is 8.50. The number of halogens is 1. The fourth-order valence-electron chi connectivity index (χ4n) is 0. The maximum Gasteiger partial charge on any atom is 0.00312 e. The molecule has 40 valence electrons. The summed E-state index contributed by atoms with van der Waals surface area (Å²) in [6.45, 7) is 4.51. The molecule has 0 aliphatic heterocycles. The summed E-state index contributed by atoms with van der Waals surface area (Å²) in [5.74, 6) is 0.946. The van der Waals surface area contributed by atoms with Gasteiger partial charge in [-0.2, -0.15) is 0 Å². The Labute approximate surface area is 53.5 Å². The van der Waals surface area contributed by atoms with Gasteiger partial charge in [0.05, 0.1) is 0 Å². The first-order chi connectivity index (χ1) is 2.27. The van der Waals surface area contributed by atoms with Gasteiger partial charge in [-0.1, -0.05) is 25.8 Å². The molecule has 6 heavy (non-hydrogen) atoms. The molecule has 0 N–H and O–H groups in total. The van der Waals surface area contributed by atoms with Crippen LogP contribution < -0.4 is 0 Å². The van der Waals surface area contributed by atoms with Crippen LogP contribution in [-0.4, -0.2) is 10.2 Å². The summed E-state index contributed by atoms with van der Waals surface area (Å²) in [4.78, 5) is 0. The molecule has 0 radical (unpaired) electrons. The Morgan fingerprint density at radius 2 is 1.67 bits per heavy atom. The third-order valence-corrected chi connectivity index (χ3v) is 2.45. The summed E-state index contributed by atoms with van der Waals surface area (Å²) in [6.07, 6.45) is 0. The Bertz CT molecular complexity index is 21.5. The zero-order valence-electron chi connectivity index (χ0n) is 4.69. The SMILES string of the molecule is Br.CC(C)C[SiH3]. The van der Waals surface area contributed by atoms with E-state index in [1.54, 1.807) is 0 Å². The first kappa shape index (κ1) is 9.85. The highest BCUT2D eigenvalue weighted by Gasteiger charge is 1.80. The van der Waals surface area contributed by atoms with Crippen LogP contribution in [0.25, 0.3) is 0 Å². The first-order valence-corrected chi connectivity index (χ1v) is 3.68. The van der Waals surface area contributed by atoms with Crippen molar-refractivity contribution in [3.63, 3.8) is 0 Å². The summed E-state index contributed by atoms with van der Waals surface area (Å²) in [6, 6.07) is 1.44. The lowest BCUT2D eigenvalue weighted by atomic mass is 10.3. The first-order valence-electron chi connectivity index (χ1n) is 2.27. The zero-order chi connectivity index (χ0) is 4.28. The van der Waals surface area contributed by atoms with Crippen molar-refractivity contribution >= 4 is 27.2 Å². The predicted molar refractivity (Wildman–Crippen MR) is 39.9 cm³/mol. The van der Waals surface area contributed by atoms with Gasteiger partial charge < -0.3 is 0 Å². The van der Waals surface area contributed by atoms with Crippen molar-refractivity contribution in [3.8, 4) is 0 Å². The summed E-state index contributed by atoms with van der Waals surface area (Å²) in [5.41, 5.74) is 0. The van der Waals surface area contributed by atoms with E-state index in [-0.39, 0.29) is 17.0 Å². The van der Waals surface area contributed by atoms with Gasteiger partial charge >= 0.3 is 0 Å². The molecule has 0 rings (SSSR count). The van der Waals surface area contributed by atoms with E-state index in [2.05, 4.69) is 13.8 Å². The summed E-state index contributed by atoms with van der Waals surface area (Å²) in [5, 5.41) is 0. The summed E-state index contributed by atoms with van der Waals surface area (Å²) in [7, 11) is 1.37. The van der Waals surface area contributed by atoms with Crippen molar-refractivity contribution in [1.82, 2.24) is 0 Å². The van der Waals surface area contributed by atoms with Crippen LogP contribution in [0.3, 0.4) is 0 Å². The van der Waals surface area contributed by atoms with Gasteiger partial charge in [-0.25, -0.2) is 0 Å². The molecule has 0 spiro atoms. The molecule has 0 aromatic heterocycles. The Hall–Kier alpha value is 0.697. The van der Waals surface area contributed by atoms with E-state index in [1.165, 1.54) is 16.3 Å². The number of hydrogen-bond acceptors (Lipinski definition) is 0. The third kappa shape index (κ3) is 8.83. The maximum atomic E-state index is 2.26. The van der Waals surface area contributed by atoms with Gasteiger partial charge in [0.2, 0.25) is 0 Å². The topological polar surface area (TPSA) is 0 Å². The van der Waals surface area contributed by atoms with Crippen LogP contribution in [-0.2, 0) is 0 Å². The fraction of sp³-hybridized carbons (Fsp3) is 1.00. The van der Waals surface area contributed by atoms with Crippen molar-refractivity contribution < 1.29 is 0 Å². The van der Waals surface area contributed by atoms with Crippen molar-refractivity contribution in [2.24, 2.45) is 5.92 Å². The molecule has 2 heteroatoms. The van der Waals surface area contributed by atoms with Crippen molar-refractivity contribution in [2.75, 3.05) is 0 Å². The quantitative estimate of drug-likeness (QED) is 0.514. The molecular weight excluding hydrogens is 156 g/mol. The van der Waals surface area contributed by atoms with Gasteiger partial charge in [0.25, 0.3) is 0 Å². The van der Waals surface area contributed by atoms with E-state index in [9.17, 15) is 0 Å². The number of hydrogen-bond donors (Lipinski definition) is 0. The molecule has 0 heterocycles. The lowest BCUT2D eigenvalue weighted by molar-refractivity contribution is 0.735.